The maximum absolute atomic E-state index is 4.25. The fraction of sp³-hybridized carbons (Fsp3) is 0.417. The summed E-state index contributed by atoms with van der Waals surface area (Å²) in [6.07, 6.45) is 2.31. The Bertz CT molecular complexity index is 742. The van der Waals surface area contributed by atoms with Crippen molar-refractivity contribution in [3.8, 4) is 0 Å². The zero-order valence-corrected chi connectivity index (χ0v) is 17.2. The molecule has 0 spiro atoms. The smallest absolute Gasteiger partial charge is 0.0416 e. The lowest BCUT2D eigenvalue weighted by atomic mass is 10.0. The minimum Gasteiger partial charge on any atom is -0.355 e. The van der Waals surface area contributed by atoms with Crippen LogP contribution in [-0.4, -0.2) is 24.5 Å². The molecular formula is C24H34N2. The molecule has 140 valence electrons. The molecule has 0 fully saturated rings. The Labute approximate surface area is 159 Å². The molecular weight excluding hydrogens is 316 g/mol. The van der Waals surface area contributed by atoms with Crippen LogP contribution in [0.4, 0.5) is 5.69 Å². The van der Waals surface area contributed by atoms with E-state index in [1.54, 1.807) is 0 Å². The second-order valence-corrected chi connectivity index (χ2v) is 7.18. The summed E-state index contributed by atoms with van der Waals surface area (Å²) in [4.78, 5) is 2.48. The van der Waals surface area contributed by atoms with E-state index in [-0.39, 0.29) is 0 Å². The van der Waals surface area contributed by atoms with E-state index in [1.165, 1.54) is 35.2 Å². The van der Waals surface area contributed by atoms with Gasteiger partial charge in [0.05, 0.1) is 0 Å². The predicted molar refractivity (Wildman–Crippen MR) is 116 cm³/mol. The van der Waals surface area contributed by atoms with Crippen molar-refractivity contribution in [3.05, 3.63) is 70.8 Å². The molecule has 0 atom stereocenters. The van der Waals surface area contributed by atoms with Crippen molar-refractivity contribution in [2.24, 2.45) is 0 Å². The molecule has 0 amide bonds. The third-order valence-electron chi connectivity index (χ3n) is 5.28. The van der Waals surface area contributed by atoms with Crippen LogP contribution in [0.1, 0.15) is 48.1 Å². The zero-order valence-electron chi connectivity index (χ0n) is 17.2. The average Bonchev–Trinajstić information content (AvgIpc) is 2.63. The van der Waals surface area contributed by atoms with Crippen LogP contribution in [0.5, 0.6) is 0 Å². The van der Waals surface area contributed by atoms with Crippen LogP contribution in [0, 0.1) is 20.8 Å². The first-order chi connectivity index (χ1) is 12.4. The molecule has 0 radical (unpaired) electrons. The molecule has 0 saturated carbocycles. The van der Waals surface area contributed by atoms with Crippen LogP contribution in [0.15, 0.2) is 43.0 Å². The van der Waals surface area contributed by atoms with Crippen molar-refractivity contribution in [3.63, 3.8) is 0 Å². The Hall–Kier alpha value is -2.06. The van der Waals surface area contributed by atoms with E-state index in [1.807, 2.05) is 0 Å². The normalized spacial score (nSPS) is 11.0. The van der Waals surface area contributed by atoms with E-state index in [0.717, 1.165) is 36.5 Å². The number of aryl methyl sites for hydroxylation is 4. The topological polar surface area (TPSA) is 15.3 Å². The molecule has 0 heterocycles. The maximum atomic E-state index is 4.25. The lowest BCUT2D eigenvalue weighted by Gasteiger charge is -2.18. The molecule has 2 aromatic carbocycles. The Balaban J connectivity index is 2.04. The molecule has 0 bridgehead atoms. The maximum Gasteiger partial charge on any atom is 0.0416 e. The largest absolute Gasteiger partial charge is 0.355 e. The first-order valence-electron chi connectivity index (χ1n) is 9.80. The van der Waals surface area contributed by atoms with Gasteiger partial charge in [0.25, 0.3) is 0 Å². The molecule has 2 heteroatoms. The van der Waals surface area contributed by atoms with Gasteiger partial charge in [0.15, 0.2) is 0 Å². The number of hydrogen-bond acceptors (Lipinski definition) is 2. The Morgan fingerprint density at radius 1 is 0.923 bits per heavy atom. The van der Waals surface area contributed by atoms with Crippen molar-refractivity contribution in [1.82, 2.24) is 4.90 Å². The van der Waals surface area contributed by atoms with Gasteiger partial charge in [-0.15, -0.1) is 0 Å². The Kier molecular flexibility index (Phi) is 7.47. The number of anilines is 1. The van der Waals surface area contributed by atoms with Crippen molar-refractivity contribution < 1.29 is 0 Å². The second kappa shape index (κ2) is 9.59. The highest BCUT2D eigenvalue weighted by molar-refractivity contribution is 5.77. The van der Waals surface area contributed by atoms with Crippen LogP contribution in [0.2, 0.25) is 0 Å². The van der Waals surface area contributed by atoms with Crippen molar-refractivity contribution in [2.75, 3.05) is 25.0 Å². The highest BCUT2D eigenvalue weighted by Gasteiger charge is 2.06. The van der Waals surface area contributed by atoms with Crippen molar-refractivity contribution >= 4 is 11.4 Å². The minimum atomic E-state index is 0.955. The SMILES string of the molecule is C=C(Nc1cc(CCCN(CC)CC)ccc1C)c1ccc(C)c(C)c1. The van der Waals surface area contributed by atoms with Gasteiger partial charge in [-0.3, -0.25) is 0 Å². The molecule has 0 saturated heterocycles. The highest BCUT2D eigenvalue weighted by atomic mass is 15.1. The number of nitrogens with one attached hydrogen (secondary N) is 1. The van der Waals surface area contributed by atoms with E-state index in [9.17, 15) is 0 Å². The van der Waals surface area contributed by atoms with Gasteiger partial charge < -0.3 is 10.2 Å². The number of nitrogens with zero attached hydrogens (tertiary/aromatic N) is 1. The highest BCUT2D eigenvalue weighted by Crippen LogP contribution is 2.24. The summed E-state index contributed by atoms with van der Waals surface area (Å²) in [7, 11) is 0. The summed E-state index contributed by atoms with van der Waals surface area (Å²) in [6.45, 7) is 18.6. The molecule has 0 unspecified atom stereocenters. The Morgan fingerprint density at radius 2 is 1.62 bits per heavy atom. The number of rotatable bonds is 9. The summed E-state index contributed by atoms with van der Waals surface area (Å²) in [6, 6.07) is 13.2. The van der Waals surface area contributed by atoms with Crippen molar-refractivity contribution in [1.29, 1.82) is 0 Å². The fourth-order valence-corrected chi connectivity index (χ4v) is 3.17. The molecule has 0 aliphatic heterocycles. The lowest BCUT2D eigenvalue weighted by Crippen LogP contribution is -2.24. The van der Waals surface area contributed by atoms with E-state index in [0.29, 0.717) is 0 Å². The summed E-state index contributed by atoms with van der Waals surface area (Å²) in [5, 5.41) is 3.53. The van der Waals surface area contributed by atoms with E-state index < -0.39 is 0 Å². The van der Waals surface area contributed by atoms with Crippen LogP contribution in [0.25, 0.3) is 5.70 Å². The van der Waals surface area contributed by atoms with Gasteiger partial charge in [-0.1, -0.05) is 44.7 Å². The molecule has 2 nitrogen and oxygen atoms in total. The third-order valence-corrected chi connectivity index (χ3v) is 5.28. The van der Waals surface area contributed by atoms with Gasteiger partial charge in [-0.25, -0.2) is 0 Å². The molecule has 0 aliphatic carbocycles. The average molecular weight is 351 g/mol. The first-order valence-corrected chi connectivity index (χ1v) is 9.80. The van der Waals surface area contributed by atoms with Crippen molar-refractivity contribution in [2.45, 2.75) is 47.5 Å². The van der Waals surface area contributed by atoms with E-state index in [2.05, 4.69) is 87.8 Å². The van der Waals surface area contributed by atoms with Crippen LogP contribution < -0.4 is 5.32 Å². The quantitative estimate of drug-likeness (QED) is 0.599. The van der Waals surface area contributed by atoms with Gasteiger partial charge in [-0.2, -0.15) is 0 Å². The summed E-state index contributed by atoms with van der Waals surface area (Å²) in [5.74, 6) is 0. The number of hydrogen-bond donors (Lipinski definition) is 1. The summed E-state index contributed by atoms with van der Waals surface area (Å²) < 4.78 is 0. The second-order valence-electron chi connectivity index (χ2n) is 7.18. The zero-order chi connectivity index (χ0) is 19.1. The van der Waals surface area contributed by atoms with Gasteiger partial charge in [0.1, 0.15) is 0 Å². The van der Waals surface area contributed by atoms with Gasteiger partial charge >= 0.3 is 0 Å². The third kappa shape index (κ3) is 5.47. The van der Waals surface area contributed by atoms with Gasteiger partial charge in [0.2, 0.25) is 0 Å². The first kappa shape index (κ1) is 20.3. The standard InChI is InChI=1S/C24H34N2/c1-7-26(8-2)15-9-10-22-13-11-19(4)24(17-22)25-21(6)23-14-12-18(3)20(5)16-23/h11-14,16-17,25H,6-10,15H2,1-5H3. The molecule has 2 rings (SSSR count). The Morgan fingerprint density at radius 3 is 2.27 bits per heavy atom. The lowest BCUT2D eigenvalue weighted by molar-refractivity contribution is 0.300. The molecule has 1 N–H and O–H groups in total. The van der Waals surface area contributed by atoms with Crippen LogP contribution >= 0.6 is 0 Å². The minimum absolute atomic E-state index is 0.955. The monoisotopic (exact) mass is 350 g/mol. The summed E-state index contributed by atoms with van der Waals surface area (Å²) >= 11 is 0. The molecule has 0 aromatic heterocycles. The molecule has 0 aliphatic rings. The number of benzene rings is 2. The summed E-state index contributed by atoms with van der Waals surface area (Å²) in [5.41, 5.74) is 8.52. The van der Waals surface area contributed by atoms with E-state index >= 15 is 0 Å². The molecule has 26 heavy (non-hydrogen) atoms. The van der Waals surface area contributed by atoms with Crippen LogP contribution in [0.3, 0.4) is 0 Å². The van der Waals surface area contributed by atoms with Gasteiger partial charge in [0, 0.05) is 11.4 Å². The predicted octanol–water partition coefficient (Wildman–Crippen LogP) is 5.97. The van der Waals surface area contributed by atoms with Crippen LogP contribution in [-0.2, 0) is 6.42 Å². The molecule has 2 aromatic rings. The fourth-order valence-electron chi connectivity index (χ4n) is 3.17. The van der Waals surface area contributed by atoms with Gasteiger partial charge in [-0.05, 0) is 93.2 Å². The van der Waals surface area contributed by atoms with E-state index in [4.69, 9.17) is 0 Å².